The minimum Gasteiger partial charge on any atom is -0.351 e. The molecule has 2 atom stereocenters. The van der Waals surface area contributed by atoms with Gasteiger partial charge >= 0.3 is 0 Å². The van der Waals surface area contributed by atoms with Gasteiger partial charge in [-0.3, -0.25) is 0 Å². The summed E-state index contributed by atoms with van der Waals surface area (Å²) in [6, 6.07) is 0.935. The van der Waals surface area contributed by atoms with Crippen LogP contribution in [0, 0.1) is 0 Å². The molecule has 0 aromatic heterocycles. The Bertz CT molecular complexity index is 546. The van der Waals surface area contributed by atoms with Crippen LogP contribution in [0.3, 0.4) is 0 Å². The van der Waals surface area contributed by atoms with Crippen molar-refractivity contribution in [2.45, 2.75) is 76.8 Å². The third-order valence-electron chi connectivity index (χ3n) is 4.84. The van der Waals surface area contributed by atoms with Crippen molar-refractivity contribution in [3.63, 3.8) is 0 Å². The molecule has 7 heteroatoms. The lowest BCUT2D eigenvalue weighted by Crippen LogP contribution is -2.38. The van der Waals surface area contributed by atoms with Crippen LogP contribution in [0.25, 0.3) is 0 Å². The topological polar surface area (TPSA) is 52.4 Å². The Morgan fingerprint density at radius 3 is 2.44 bits per heavy atom. The van der Waals surface area contributed by atoms with E-state index in [1.165, 1.54) is 6.42 Å². The monoisotopic (exact) mass is 353 g/mol. The summed E-state index contributed by atoms with van der Waals surface area (Å²) in [5.41, 5.74) is 3.29. The second kappa shape index (κ2) is 8.54. The molecule has 5 nitrogen and oxygen atoms in total. The van der Waals surface area contributed by atoms with E-state index in [0.29, 0.717) is 23.6 Å². The quantitative estimate of drug-likeness (QED) is 0.428. The van der Waals surface area contributed by atoms with Crippen molar-refractivity contribution in [3.05, 3.63) is 11.9 Å². The summed E-state index contributed by atoms with van der Waals surface area (Å²) >= 11 is 0. The molecular formula is C18H29F2N5. The third kappa shape index (κ3) is 5.61. The van der Waals surface area contributed by atoms with Gasteiger partial charge in [0.15, 0.2) is 0 Å². The van der Waals surface area contributed by atoms with Crippen LogP contribution < -0.4 is 5.43 Å². The largest absolute Gasteiger partial charge is 0.351 e. The maximum absolute atomic E-state index is 13.3. The number of aliphatic imine (C=N–C) groups is 2. The van der Waals surface area contributed by atoms with Crippen molar-refractivity contribution in [3.8, 4) is 0 Å². The highest BCUT2D eigenvalue weighted by Gasteiger charge is 2.37. The number of piperidine rings is 1. The standard InChI is InChI=1S/C18H29F2N5/c1-13(21-3)23-17(25-15-6-5-7-16(25)9-8-15)12-14(24-22-4)10-11-18(2,19)20/h12,15-16,22H,3,5-11H2,1-2,4H3/b17-12-,23-13-,24-14-. The number of nitrogens with one attached hydrogen (secondary N) is 1. The normalized spacial score (nSPS) is 25.3. The second-order valence-electron chi connectivity index (χ2n) is 6.94. The summed E-state index contributed by atoms with van der Waals surface area (Å²) in [5, 5.41) is 4.18. The maximum Gasteiger partial charge on any atom is 0.245 e. The van der Waals surface area contributed by atoms with E-state index in [4.69, 9.17) is 0 Å². The SMILES string of the molecule is C=N\C(C)=N/C(=C/C(CCC(C)(F)F)=N\NC)N1C2CCCC1CC2. The fourth-order valence-electron chi connectivity index (χ4n) is 3.66. The number of hydrazone groups is 1. The van der Waals surface area contributed by atoms with Crippen LogP contribution in [-0.4, -0.2) is 48.2 Å². The summed E-state index contributed by atoms with van der Waals surface area (Å²) in [4.78, 5) is 10.8. The van der Waals surface area contributed by atoms with Gasteiger partial charge in [-0.2, -0.15) is 5.10 Å². The molecule has 0 saturated carbocycles. The smallest absolute Gasteiger partial charge is 0.245 e. The summed E-state index contributed by atoms with van der Waals surface area (Å²) in [7, 11) is 1.67. The Kier molecular flexibility index (Phi) is 6.67. The zero-order valence-electron chi connectivity index (χ0n) is 15.4. The van der Waals surface area contributed by atoms with Crippen LogP contribution in [0.2, 0.25) is 0 Å². The van der Waals surface area contributed by atoms with Crippen molar-refractivity contribution >= 4 is 18.3 Å². The van der Waals surface area contributed by atoms with Crippen LogP contribution in [0.5, 0.6) is 0 Å². The summed E-state index contributed by atoms with van der Waals surface area (Å²) in [6.07, 6.45) is 7.62. The van der Waals surface area contributed by atoms with E-state index in [9.17, 15) is 8.78 Å². The number of fused-ring (bicyclic) bond motifs is 2. The highest BCUT2D eigenvalue weighted by atomic mass is 19.3. The van der Waals surface area contributed by atoms with Gasteiger partial charge in [0, 0.05) is 31.6 Å². The molecular weight excluding hydrogens is 324 g/mol. The fourth-order valence-corrected chi connectivity index (χ4v) is 3.66. The lowest BCUT2D eigenvalue weighted by Gasteiger charge is -2.36. The first-order chi connectivity index (χ1) is 11.8. The highest BCUT2D eigenvalue weighted by Crippen LogP contribution is 2.38. The molecule has 2 fully saturated rings. The molecule has 0 spiro atoms. The molecule has 2 aliphatic rings. The van der Waals surface area contributed by atoms with Crippen LogP contribution >= 0.6 is 0 Å². The Balaban J connectivity index is 2.31. The first-order valence-electron chi connectivity index (χ1n) is 8.97. The molecule has 2 unspecified atom stereocenters. The number of allylic oxidation sites excluding steroid dienone is 1. The average Bonchev–Trinajstić information content (AvgIpc) is 2.80. The molecule has 1 N–H and O–H groups in total. The van der Waals surface area contributed by atoms with E-state index < -0.39 is 5.92 Å². The number of rotatable bonds is 7. The van der Waals surface area contributed by atoms with Crippen LogP contribution in [0.1, 0.15) is 58.8 Å². The molecule has 25 heavy (non-hydrogen) atoms. The lowest BCUT2D eigenvalue weighted by atomic mass is 10.0. The highest BCUT2D eigenvalue weighted by molar-refractivity contribution is 5.96. The van der Waals surface area contributed by atoms with Crippen molar-refractivity contribution in [1.29, 1.82) is 0 Å². The predicted molar refractivity (Wildman–Crippen MR) is 99.6 cm³/mol. The van der Waals surface area contributed by atoms with Crippen molar-refractivity contribution < 1.29 is 8.78 Å². The molecule has 2 bridgehead atoms. The van der Waals surface area contributed by atoms with Gasteiger partial charge in [0.2, 0.25) is 5.92 Å². The predicted octanol–water partition coefficient (Wildman–Crippen LogP) is 3.97. The number of nitrogens with zero attached hydrogens (tertiary/aromatic N) is 4. The van der Waals surface area contributed by atoms with Crippen LogP contribution in [0.4, 0.5) is 8.78 Å². The van der Waals surface area contributed by atoms with Gasteiger partial charge in [0.05, 0.1) is 5.71 Å². The number of halogens is 2. The van der Waals surface area contributed by atoms with E-state index in [2.05, 4.69) is 32.1 Å². The van der Waals surface area contributed by atoms with Gasteiger partial charge in [-0.15, -0.1) is 0 Å². The Morgan fingerprint density at radius 1 is 1.28 bits per heavy atom. The summed E-state index contributed by atoms with van der Waals surface area (Å²) in [5.74, 6) is -1.37. The molecule has 0 radical (unpaired) electrons. The molecule has 2 heterocycles. The molecule has 0 aromatic carbocycles. The summed E-state index contributed by atoms with van der Waals surface area (Å²) < 4.78 is 26.5. The molecule has 2 rings (SSSR count). The number of amidine groups is 1. The van der Waals surface area contributed by atoms with E-state index >= 15 is 0 Å². The second-order valence-corrected chi connectivity index (χ2v) is 6.94. The average molecular weight is 353 g/mol. The molecule has 2 aliphatic heterocycles. The van der Waals surface area contributed by atoms with Gasteiger partial charge in [0.25, 0.3) is 0 Å². The molecule has 0 amide bonds. The van der Waals surface area contributed by atoms with Gasteiger partial charge < -0.3 is 10.3 Å². The van der Waals surface area contributed by atoms with E-state index in [0.717, 1.165) is 38.4 Å². The number of hydrogen-bond donors (Lipinski definition) is 1. The zero-order chi connectivity index (χ0) is 18.4. The van der Waals surface area contributed by atoms with Crippen LogP contribution in [0.15, 0.2) is 27.0 Å². The minimum atomic E-state index is -2.71. The summed E-state index contributed by atoms with van der Waals surface area (Å²) in [6.45, 7) is 6.26. The Hall–Kier alpha value is -1.79. The van der Waals surface area contributed by atoms with Crippen molar-refractivity contribution in [1.82, 2.24) is 10.3 Å². The first kappa shape index (κ1) is 19.5. The molecule has 140 valence electrons. The zero-order valence-corrected chi connectivity index (χ0v) is 15.4. The van der Waals surface area contributed by atoms with Gasteiger partial charge in [0.1, 0.15) is 11.7 Å². The fraction of sp³-hybridized carbons (Fsp3) is 0.722. The molecule has 2 saturated heterocycles. The van der Waals surface area contributed by atoms with Gasteiger partial charge in [-0.05, 0) is 59.1 Å². The Morgan fingerprint density at radius 2 is 1.92 bits per heavy atom. The van der Waals surface area contributed by atoms with Crippen LogP contribution in [-0.2, 0) is 0 Å². The Labute approximate surface area is 149 Å². The number of hydrogen-bond acceptors (Lipinski definition) is 4. The van der Waals surface area contributed by atoms with Gasteiger partial charge in [-0.1, -0.05) is 0 Å². The van der Waals surface area contributed by atoms with Crippen molar-refractivity contribution in [2.24, 2.45) is 15.1 Å². The maximum atomic E-state index is 13.3. The third-order valence-corrected chi connectivity index (χ3v) is 4.84. The van der Waals surface area contributed by atoms with E-state index in [1.807, 2.05) is 6.08 Å². The molecule has 0 aromatic rings. The first-order valence-corrected chi connectivity index (χ1v) is 8.97. The van der Waals surface area contributed by atoms with Gasteiger partial charge in [-0.25, -0.2) is 18.8 Å². The minimum absolute atomic E-state index is 0.188. The molecule has 0 aliphatic carbocycles. The van der Waals surface area contributed by atoms with Crippen molar-refractivity contribution in [2.75, 3.05) is 7.05 Å². The number of alkyl halides is 2. The van der Waals surface area contributed by atoms with E-state index in [1.54, 1.807) is 14.0 Å². The van der Waals surface area contributed by atoms with E-state index in [-0.39, 0.29) is 12.8 Å². The lowest BCUT2D eigenvalue weighted by molar-refractivity contribution is 0.0151.